The van der Waals surface area contributed by atoms with E-state index in [-0.39, 0.29) is 6.61 Å². The van der Waals surface area contributed by atoms with Crippen molar-refractivity contribution in [3.63, 3.8) is 0 Å². The van der Waals surface area contributed by atoms with Gasteiger partial charge in [-0.1, -0.05) is 48.2 Å². The molecule has 5 heteroatoms. The number of amidine groups is 1. The lowest BCUT2D eigenvalue weighted by Crippen LogP contribution is -2.09. The Morgan fingerprint density at radius 1 is 1.35 bits per heavy atom. The summed E-state index contributed by atoms with van der Waals surface area (Å²) in [6.45, 7) is 3.41. The first kappa shape index (κ1) is 13.5. The van der Waals surface area contributed by atoms with E-state index in [1.165, 1.54) is 11.8 Å². The van der Waals surface area contributed by atoms with Gasteiger partial charge >= 0.3 is 0 Å². The van der Waals surface area contributed by atoms with E-state index >= 15 is 0 Å². The molecule has 0 unspecified atom stereocenters. The van der Waals surface area contributed by atoms with E-state index < -0.39 is 0 Å². The molecule has 0 amide bonds. The summed E-state index contributed by atoms with van der Waals surface area (Å²) in [6, 6.07) is 9.37. The Bertz CT molecular complexity index is 415. The second kappa shape index (κ2) is 7.65. The highest BCUT2D eigenvalue weighted by atomic mass is 32.2. The molecule has 1 aromatic rings. The van der Waals surface area contributed by atoms with Crippen molar-refractivity contribution >= 4 is 22.6 Å². The van der Waals surface area contributed by atoms with Crippen molar-refractivity contribution in [3.8, 4) is 0 Å². The lowest BCUT2D eigenvalue weighted by atomic mass is 10.1. The summed E-state index contributed by atoms with van der Waals surface area (Å²) in [6.07, 6.45) is 1.74. The summed E-state index contributed by atoms with van der Waals surface area (Å²) in [5.74, 6) is 0.685. The number of nitrogens with two attached hydrogens (primary N) is 1. The molecule has 17 heavy (non-hydrogen) atoms. The number of aliphatic hydroxyl groups is 1. The third-order valence-corrected chi connectivity index (χ3v) is 2.65. The topological polar surface area (TPSA) is 71.0 Å². The van der Waals surface area contributed by atoms with Gasteiger partial charge in [0.2, 0.25) is 0 Å². The van der Waals surface area contributed by atoms with Gasteiger partial charge in [0.15, 0.2) is 5.17 Å². The van der Waals surface area contributed by atoms with Crippen LogP contribution in [0.1, 0.15) is 5.56 Å². The molecule has 3 N–H and O–H groups in total. The molecule has 1 aromatic carbocycles. The summed E-state index contributed by atoms with van der Waals surface area (Å²) in [5.41, 5.74) is 6.94. The summed E-state index contributed by atoms with van der Waals surface area (Å²) in [7, 11) is 0. The van der Waals surface area contributed by atoms with Gasteiger partial charge in [-0.05, 0) is 0 Å². The third kappa shape index (κ3) is 4.84. The average Bonchev–Trinajstić information content (AvgIpc) is 2.38. The highest BCUT2D eigenvalue weighted by Gasteiger charge is 2.00. The quantitative estimate of drug-likeness (QED) is 0.360. The second-order valence-electron chi connectivity index (χ2n) is 3.11. The van der Waals surface area contributed by atoms with Gasteiger partial charge in [0, 0.05) is 11.3 Å². The Morgan fingerprint density at radius 2 is 2.06 bits per heavy atom. The van der Waals surface area contributed by atoms with Crippen LogP contribution in [0.25, 0.3) is 0 Å². The van der Waals surface area contributed by atoms with Gasteiger partial charge in [0.25, 0.3) is 0 Å². The zero-order valence-corrected chi connectivity index (χ0v) is 10.2. The molecule has 0 fully saturated rings. The van der Waals surface area contributed by atoms with Gasteiger partial charge in [0.05, 0.1) is 12.3 Å². The standard InChI is InChI=1S/C12H15N3OS/c1-2-8-17-12(13)15-14-11(9-16)10-6-4-3-5-7-10/h2-7,16H,1,8-9H2,(H2,13,15). The van der Waals surface area contributed by atoms with Crippen molar-refractivity contribution in [2.45, 2.75) is 0 Å². The molecule has 0 heterocycles. The Balaban J connectivity index is 2.77. The van der Waals surface area contributed by atoms with E-state index in [1.54, 1.807) is 6.08 Å². The van der Waals surface area contributed by atoms with Gasteiger partial charge in [-0.25, -0.2) is 0 Å². The van der Waals surface area contributed by atoms with E-state index in [9.17, 15) is 5.11 Å². The number of aliphatic hydroxyl groups excluding tert-OH is 1. The molecular weight excluding hydrogens is 234 g/mol. The molecular formula is C12H15N3OS. The molecule has 0 aromatic heterocycles. The Morgan fingerprint density at radius 3 is 2.65 bits per heavy atom. The van der Waals surface area contributed by atoms with Crippen LogP contribution in [0.3, 0.4) is 0 Å². The number of hydrogen-bond donors (Lipinski definition) is 2. The van der Waals surface area contributed by atoms with Crippen LogP contribution in [-0.2, 0) is 0 Å². The SMILES string of the molecule is C=CCS/C(N)=N\N=C(CO)c1ccccc1. The van der Waals surface area contributed by atoms with Crippen molar-refractivity contribution in [2.24, 2.45) is 15.9 Å². The lowest BCUT2D eigenvalue weighted by molar-refractivity contribution is 0.357. The Hall–Kier alpha value is -1.59. The van der Waals surface area contributed by atoms with Gasteiger partial charge < -0.3 is 10.8 Å². The van der Waals surface area contributed by atoms with Crippen molar-refractivity contribution in [1.82, 2.24) is 0 Å². The van der Waals surface area contributed by atoms with E-state index in [2.05, 4.69) is 16.8 Å². The van der Waals surface area contributed by atoms with E-state index in [1.807, 2.05) is 30.3 Å². The van der Waals surface area contributed by atoms with Crippen LogP contribution in [0.4, 0.5) is 0 Å². The summed E-state index contributed by atoms with van der Waals surface area (Å²) in [4.78, 5) is 0. The Kier molecular flexibility index (Phi) is 6.06. The summed E-state index contributed by atoms with van der Waals surface area (Å²) in [5, 5.41) is 17.3. The normalized spacial score (nSPS) is 12.5. The highest BCUT2D eigenvalue weighted by molar-refractivity contribution is 8.13. The first-order valence-electron chi connectivity index (χ1n) is 5.08. The minimum atomic E-state index is -0.174. The fourth-order valence-electron chi connectivity index (χ4n) is 1.09. The van der Waals surface area contributed by atoms with Gasteiger partial charge in [0.1, 0.15) is 0 Å². The largest absolute Gasteiger partial charge is 0.390 e. The van der Waals surface area contributed by atoms with Gasteiger partial charge in [-0.15, -0.1) is 16.8 Å². The third-order valence-electron chi connectivity index (χ3n) is 1.88. The zero-order chi connectivity index (χ0) is 12.5. The first-order valence-corrected chi connectivity index (χ1v) is 6.06. The fraction of sp³-hybridized carbons (Fsp3) is 0.167. The van der Waals surface area contributed by atoms with Crippen molar-refractivity contribution in [3.05, 3.63) is 48.6 Å². The van der Waals surface area contributed by atoms with Crippen LogP contribution in [0.2, 0.25) is 0 Å². The molecule has 1 rings (SSSR count). The predicted molar refractivity (Wildman–Crippen MR) is 74.3 cm³/mol. The maximum absolute atomic E-state index is 9.20. The maximum Gasteiger partial charge on any atom is 0.180 e. The molecule has 0 atom stereocenters. The molecule has 0 saturated carbocycles. The Labute approximate surface area is 105 Å². The molecule has 90 valence electrons. The second-order valence-corrected chi connectivity index (χ2v) is 4.15. The minimum Gasteiger partial charge on any atom is -0.390 e. The minimum absolute atomic E-state index is 0.174. The van der Waals surface area contributed by atoms with Gasteiger partial charge in [-0.3, -0.25) is 0 Å². The lowest BCUT2D eigenvalue weighted by Gasteiger charge is -2.00. The van der Waals surface area contributed by atoms with Crippen LogP contribution in [-0.4, -0.2) is 28.3 Å². The van der Waals surface area contributed by atoms with Crippen LogP contribution in [0.5, 0.6) is 0 Å². The number of hydrogen-bond acceptors (Lipinski definition) is 4. The maximum atomic E-state index is 9.20. The number of thioether (sulfide) groups is 1. The van der Waals surface area contributed by atoms with Crippen LogP contribution in [0, 0.1) is 0 Å². The van der Waals surface area contributed by atoms with Crippen molar-refractivity contribution < 1.29 is 5.11 Å². The van der Waals surface area contributed by atoms with E-state index in [4.69, 9.17) is 5.73 Å². The smallest absolute Gasteiger partial charge is 0.180 e. The monoisotopic (exact) mass is 249 g/mol. The number of rotatable bonds is 5. The molecule has 0 spiro atoms. The molecule has 0 bridgehead atoms. The molecule has 4 nitrogen and oxygen atoms in total. The summed E-state index contributed by atoms with van der Waals surface area (Å²) >= 11 is 1.35. The number of nitrogens with zero attached hydrogens (tertiary/aromatic N) is 2. The predicted octanol–water partition coefficient (Wildman–Crippen LogP) is 1.62. The molecule has 0 aliphatic carbocycles. The van der Waals surface area contributed by atoms with Crippen LogP contribution < -0.4 is 5.73 Å². The fourth-order valence-corrected chi connectivity index (χ4v) is 1.48. The zero-order valence-electron chi connectivity index (χ0n) is 9.41. The first-order chi connectivity index (χ1) is 8.27. The highest BCUT2D eigenvalue weighted by Crippen LogP contribution is 2.03. The van der Waals surface area contributed by atoms with Crippen molar-refractivity contribution in [2.75, 3.05) is 12.4 Å². The molecule has 0 aliphatic rings. The molecule has 0 radical (unpaired) electrons. The average molecular weight is 249 g/mol. The van der Waals surface area contributed by atoms with Crippen molar-refractivity contribution in [1.29, 1.82) is 0 Å². The molecule has 0 saturated heterocycles. The van der Waals surface area contributed by atoms with E-state index in [0.717, 1.165) is 5.56 Å². The van der Waals surface area contributed by atoms with Crippen LogP contribution >= 0.6 is 11.8 Å². The number of benzene rings is 1. The molecule has 0 aliphatic heterocycles. The summed E-state index contributed by atoms with van der Waals surface area (Å²) < 4.78 is 0. The van der Waals surface area contributed by atoms with E-state index in [0.29, 0.717) is 16.6 Å². The van der Waals surface area contributed by atoms with Crippen LogP contribution in [0.15, 0.2) is 53.2 Å². The van der Waals surface area contributed by atoms with Gasteiger partial charge in [-0.2, -0.15) is 0 Å².